The Morgan fingerprint density at radius 1 is 1.06 bits per heavy atom. The number of nitrogens with zero attached hydrogens (tertiary/aromatic N) is 2. The summed E-state index contributed by atoms with van der Waals surface area (Å²) in [6, 6.07) is 7.47. The maximum Gasteiger partial charge on any atom is 0.330 e. The third-order valence-electron chi connectivity index (χ3n) is 5.75. The van der Waals surface area contributed by atoms with E-state index in [9.17, 15) is 9.59 Å². The van der Waals surface area contributed by atoms with Crippen molar-refractivity contribution in [2.45, 2.75) is 39.3 Å². The number of hydrogen-bond acceptors (Lipinski definition) is 5. The molecule has 0 bridgehead atoms. The van der Waals surface area contributed by atoms with Crippen molar-refractivity contribution in [1.29, 1.82) is 0 Å². The van der Waals surface area contributed by atoms with E-state index in [1.807, 2.05) is 29.2 Å². The van der Waals surface area contributed by atoms with Gasteiger partial charge in [0.25, 0.3) is 0 Å². The normalized spacial score (nSPS) is 17.6. The average Bonchev–Trinajstić information content (AvgIpc) is 2.76. The van der Waals surface area contributed by atoms with Crippen LogP contribution in [0.3, 0.4) is 0 Å². The molecule has 32 heavy (non-hydrogen) atoms. The van der Waals surface area contributed by atoms with E-state index in [0.29, 0.717) is 21.7 Å². The predicted octanol–water partition coefficient (Wildman–Crippen LogP) is 3.90. The molecule has 0 aliphatic carbocycles. The van der Waals surface area contributed by atoms with Gasteiger partial charge in [-0.3, -0.25) is 9.69 Å². The minimum absolute atomic E-state index is 0.126. The number of methoxy groups -OCH3 is 1. The van der Waals surface area contributed by atoms with Gasteiger partial charge >= 0.3 is 5.97 Å². The van der Waals surface area contributed by atoms with E-state index in [-0.39, 0.29) is 22.4 Å². The van der Waals surface area contributed by atoms with E-state index in [2.05, 4.69) is 39.3 Å². The molecule has 1 amide bonds. The van der Waals surface area contributed by atoms with Crippen molar-refractivity contribution < 1.29 is 19.1 Å². The van der Waals surface area contributed by atoms with Gasteiger partial charge in [0, 0.05) is 38.8 Å². The molecule has 178 valence electrons. The molecule has 1 saturated heterocycles. The highest BCUT2D eigenvalue weighted by Gasteiger charge is 2.39. The number of hydrogen-bond donors (Lipinski definition) is 0. The summed E-state index contributed by atoms with van der Waals surface area (Å²) in [5.74, 6) is 0.708. The van der Waals surface area contributed by atoms with Crippen LogP contribution in [0.1, 0.15) is 39.7 Å². The molecular formula is C25H39N2O4P. The highest BCUT2D eigenvalue weighted by molar-refractivity contribution is 7.40. The van der Waals surface area contributed by atoms with E-state index >= 15 is 0 Å². The van der Waals surface area contributed by atoms with Gasteiger partial charge in [0.05, 0.1) is 12.3 Å². The Kier molecular flexibility index (Phi) is 9.72. The number of benzene rings is 1. The molecule has 6 nitrogen and oxygen atoms in total. The number of rotatable bonds is 9. The Labute approximate surface area is 195 Å². The molecule has 7 heteroatoms. The average molecular weight is 463 g/mol. The van der Waals surface area contributed by atoms with Crippen LogP contribution in [0.4, 0.5) is 0 Å². The van der Waals surface area contributed by atoms with Crippen molar-refractivity contribution in [3.05, 3.63) is 35.9 Å². The van der Waals surface area contributed by atoms with Crippen LogP contribution in [0.2, 0.25) is 0 Å². The zero-order valence-corrected chi connectivity index (χ0v) is 21.4. The van der Waals surface area contributed by atoms with Crippen LogP contribution in [-0.2, 0) is 14.3 Å². The monoisotopic (exact) mass is 462 g/mol. The molecule has 2 atom stereocenters. The van der Waals surface area contributed by atoms with Crippen molar-refractivity contribution in [1.82, 2.24) is 9.80 Å². The lowest BCUT2D eigenvalue weighted by Crippen LogP contribution is -2.54. The first-order valence-electron chi connectivity index (χ1n) is 11.3. The maximum atomic E-state index is 13.2. The number of carbonyl (C=O) groups is 2. The lowest BCUT2D eigenvalue weighted by Gasteiger charge is -2.41. The number of esters is 1. The molecule has 1 heterocycles. The molecule has 0 N–H and O–H groups in total. The molecule has 1 aromatic carbocycles. The van der Waals surface area contributed by atoms with Crippen LogP contribution in [0.25, 0.3) is 6.08 Å². The van der Waals surface area contributed by atoms with Gasteiger partial charge in [-0.2, -0.15) is 0 Å². The van der Waals surface area contributed by atoms with Crippen LogP contribution in [0.5, 0.6) is 5.75 Å². The van der Waals surface area contributed by atoms with Gasteiger partial charge in [-0.25, -0.2) is 4.79 Å². The van der Waals surface area contributed by atoms with Gasteiger partial charge in [-0.15, -0.1) is 8.58 Å². The second-order valence-electron chi connectivity index (χ2n) is 9.73. The van der Waals surface area contributed by atoms with Gasteiger partial charge in [0.2, 0.25) is 5.91 Å². The lowest BCUT2D eigenvalue weighted by molar-refractivity contribution is -0.138. The highest BCUT2D eigenvalue weighted by atomic mass is 31.1. The zero-order chi connectivity index (χ0) is 23.8. The Bertz CT molecular complexity index is 780. The van der Waals surface area contributed by atoms with Crippen LogP contribution in [-0.4, -0.2) is 79.9 Å². The molecule has 0 aromatic heterocycles. The minimum atomic E-state index is -0.350. The fourth-order valence-electron chi connectivity index (χ4n) is 4.06. The Balaban J connectivity index is 1.73. The summed E-state index contributed by atoms with van der Waals surface area (Å²) in [6.45, 7) is 15.0. The van der Waals surface area contributed by atoms with E-state index < -0.39 is 0 Å². The van der Waals surface area contributed by atoms with E-state index in [0.717, 1.165) is 43.9 Å². The van der Waals surface area contributed by atoms with E-state index in [1.165, 1.54) is 6.08 Å². The molecule has 2 rings (SSSR count). The second-order valence-corrected chi connectivity index (χ2v) is 11.3. The topological polar surface area (TPSA) is 59.1 Å². The van der Waals surface area contributed by atoms with E-state index in [4.69, 9.17) is 9.47 Å². The predicted molar refractivity (Wildman–Crippen MR) is 133 cm³/mol. The molecule has 0 saturated carbocycles. The maximum absolute atomic E-state index is 13.2. The smallest absolute Gasteiger partial charge is 0.330 e. The Morgan fingerprint density at radius 2 is 1.69 bits per heavy atom. The van der Waals surface area contributed by atoms with Gasteiger partial charge in [0.1, 0.15) is 12.4 Å². The standard InChI is InChI=1S/C25H39N2O4P/c1-24(2,3)19-25(4,32-6)23(29)27-15-13-26(14-16-27)17-18-31-22(28)12-9-20-7-10-21(30-5)11-8-20/h7-12,32H,13-19H2,1-6H3/b12-9+. The summed E-state index contributed by atoms with van der Waals surface area (Å²) in [4.78, 5) is 29.4. The molecule has 0 spiro atoms. The van der Waals surface area contributed by atoms with Gasteiger partial charge in [0.15, 0.2) is 0 Å². The largest absolute Gasteiger partial charge is 0.497 e. The fourth-order valence-corrected chi connectivity index (χ4v) is 5.14. The summed E-state index contributed by atoms with van der Waals surface area (Å²) >= 11 is 0. The van der Waals surface area contributed by atoms with Crippen LogP contribution < -0.4 is 4.74 Å². The summed E-state index contributed by atoms with van der Waals surface area (Å²) in [7, 11) is 2.21. The van der Waals surface area contributed by atoms with Gasteiger partial charge in [-0.1, -0.05) is 32.9 Å². The van der Waals surface area contributed by atoms with Crippen LogP contribution in [0, 0.1) is 5.41 Å². The summed E-state index contributed by atoms with van der Waals surface area (Å²) in [5, 5.41) is -0.286. The minimum Gasteiger partial charge on any atom is -0.497 e. The van der Waals surface area contributed by atoms with Crippen molar-refractivity contribution in [2.24, 2.45) is 5.41 Å². The Morgan fingerprint density at radius 3 is 2.22 bits per heavy atom. The van der Waals surface area contributed by atoms with E-state index in [1.54, 1.807) is 13.2 Å². The van der Waals surface area contributed by atoms with Crippen molar-refractivity contribution in [3.8, 4) is 5.75 Å². The molecule has 1 fully saturated rings. The fraction of sp³-hybridized carbons (Fsp3) is 0.600. The van der Waals surface area contributed by atoms with Gasteiger partial charge in [-0.05, 0) is 49.2 Å². The number of carbonyl (C=O) groups excluding carboxylic acids is 2. The SMILES string of the molecule is COc1ccc(/C=C/C(=O)OCCN2CCN(C(=O)C(C)(CC(C)(C)C)PC)CC2)cc1. The first-order valence-corrected chi connectivity index (χ1v) is 12.8. The van der Waals surface area contributed by atoms with Crippen molar-refractivity contribution in [2.75, 3.05) is 53.1 Å². The first-order chi connectivity index (χ1) is 15.1. The number of piperazine rings is 1. The first kappa shape index (κ1) is 26.3. The van der Waals surface area contributed by atoms with Crippen molar-refractivity contribution in [3.63, 3.8) is 0 Å². The summed E-state index contributed by atoms with van der Waals surface area (Å²) in [6.07, 6.45) is 4.07. The summed E-state index contributed by atoms with van der Waals surface area (Å²) < 4.78 is 10.5. The molecule has 2 unspecified atom stereocenters. The molecule has 1 aliphatic rings. The molecule has 1 aromatic rings. The Hall–Kier alpha value is -1.91. The molecular weight excluding hydrogens is 423 g/mol. The zero-order valence-electron chi connectivity index (χ0n) is 20.4. The lowest BCUT2D eigenvalue weighted by atomic mass is 9.84. The van der Waals surface area contributed by atoms with Gasteiger partial charge < -0.3 is 14.4 Å². The van der Waals surface area contributed by atoms with Crippen LogP contribution >= 0.6 is 8.58 Å². The third kappa shape index (κ3) is 8.22. The molecule has 0 radical (unpaired) electrons. The molecule has 1 aliphatic heterocycles. The highest BCUT2D eigenvalue weighted by Crippen LogP contribution is 2.41. The van der Waals surface area contributed by atoms with Crippen LogP contribution in [0.15, 0.2) is 30.3 Å². The number of amides is 1. The van der Waals surface area contributed by atoms with Crippen molar-refractivity contribution >= 4 is 26.5 Å². The number of ether oxygens (including phenoxy) is 2. The third-order valence-corrected chi connectivity index (χ3v) is 7.24. The summed E-state index contributed by atoms with van der Waals surface area (Å²) in [5.41, 5.74) is 1.04. The second kappa shape index (κ2) is 11.8. The quantitative estimate of drug-likeness (QED) is 0.317.